The Hall–Kier alpha value is -2.14. The number of rotatable bonds is 3. The van der Waals surface area contributed by atoms with Gasteiger partial charge in [-0.3, -0.25) is 14.8 Å². The molecule has 21 heavy (non-hydrogen) atoms. The summed E-state index contributed by atoms with van der Waals surface area (Å²) in [5.41, 5.74) is 2.83. The Bertz CT molecular complexity index is 662. The largest absolute Gasteiger partial charge is 0.373 e. The van der Waals surface area contributed by atoms with Crippen molar-refractivity contribution in [2.24, 2.45) is 0 Å². The number of hydrogen-bond acceptors (Lipinski definition) is 4. The summed E-state index contributed by atoms with van der Waals surface area (Å²) in [6.45, 7) is 0.446. The first kappa shape index (κ1) is 13.8. The lowest BCUT2D eigenvalue weighted by atomic mass is 10.1. The first-order valence-electron chi connectivity index (χ1n) is 6.68. The van der Waals surface area contributed by atoms with Crippen molar-refractivity contribution in [1.29, 1.82) is 0 Å². The van der Waals surface area contributed by atoms with Crippen molar-refractivity contribution >= 4 is 23.2 Å². The minimum atomic E-state index is -0.250. The van der Waals surface area contributed by atoms with E-state index in [4.69, 9.17) is 11.6 Å². The zero-order valence-electron chi connectivity index (χ0n) is 11.6. The van der Waals surface area contributed by atoms with Crippen molar-refractivity contribution in [1.82, 2.24) is 14.9 Å². The maximum absolute atomic E-state index is 12.5. The predicted octanol–water partition coefficient (Wildman–Crippen LogP) is 2.13. The van der Waals surface area contributed by atoms with Crippen LogP contribution in [0.4, 0.5) is 5.69 Å². The second-order valence-electron chi connectivity index (χ2n) is 5.09. The van der Waals surface area contributed by atoms with Crippen molar-refractivity contribution in [3.63, 3.8) is 0 Å². The number of carbonyl (C=O) groups is 1. The molecule has 0 saturated carbocycles. The molecule has 1 aliphatic heterocycles. The standard InChI is InChI=1S/C15H15ClN4O/c1-20(9-12-8-17-4-5-18-12)15(21)14-7-10-6-11(16)2-3-13(10)19-14/h2-6,8,14,19H,7,9H2,1H3/t14-/m0/s1. The Morgan fingerprint density at radius 2 is 2.33 bits per heavy atom. The highest BCUT2D eigenvalue weighted by Gasteiger charge is 2.29. The van der Waals surface area contributed by atoms with Crippen LogP contribution in [0.1, 0.15) is 11.3 Å². The predicted molar refractivity (Wildman–Crippen MR) is 81.1 cm³/mol. The lowest BCUT2D eigenvalue weighted by Gasteiger charge is -2.21. The lowest BCUT2D eigenvalue weighted by Crippen LogP contribution is -2.39. The van der Waals surface area contributed by atoms with E-state index in [1.54, 1.807) is 30.5 Å². The first-order valence-corrected chi connectivity index (χ1v) is 7.06. The number of halogens is 1. The Labute approximate surface area is 128 Å². The van der Waals surface area contributed by atoms with E-state index in [1.165, 1.54) is 0 Å². The summed E-state index contributed by atoms with van der Waals surface area (Å²) in [5, 5.41) is 3.93. The number of likely N-dealkylation sites (N-methyl/N-ethyl adjacent to an activating group) is 1. The van der Waals surface area contributed by atoms with Crippen LogP contribution in [0.3, 0.4) is 0 Å². The average Bonchev–Trinajstić information content (AvgIpc) is 2.90. The van der Waals surface area contributed by atoms with Gasteiger partial charge in [0.2, 0.25) is 5.91 Å². The SMILES string of the molecule is CN(Cc1cnccn1)C(=O)[C@@H]1Cc2cc(Cl)ccc2N1. The topological polar surface area (TPSA) is 58.1 Å². The normalized spacial score (nSPS) is 16.2. The van der Waals surface area contributed by atoms with Crippen LogP contribution in [0, 0.1) is 0 Å². The Balaban J connectivity index is 1.67. The molecule has 2 heterocycles. The number of aromatic nitrogens is 2. The second kappa shape index (κ2) is 5.69. The van der Waals surface area contributed by atoms with Gasteiger partial charge in [-0.1, -0.05) is 11.6 Å². The highest BCUT2D eigenvalue weighted by molar-refractivity contribution is 6.30. The molecule has 108 valence electrons. The van der Waals surface area contributed by atoms with Crippen LogP contribution in [-0.2, 0) is 17.8 Å². The van der Waals surface area contributed by atoms with Gasteiger partial charge in [0.25, 0.3) is 0 Å². The fraction of sp³-hybridized carbons (Fsp3) is 0.267. The molecule has 0 bridgehead atoms. The van der Waals surface area contributed by atoms with Gasteiger partial charge in [0.1, 0.15) is 6.04 Å². The Morgan fingerprint density at radius 1 is 1.48 bits per heavy atom. The third-order valence-corrected chi connectivity index (χ3v) is 3.75. The quantitative estimate of drug-likeness (QED) is 0.943. The molecule has 3 rings (SSSR count). The molecule has 0 aliphatic carbocycles. The van der Waals surface area contributed by atoms with E-state index in [0.29, 0.717) is 18.0 Å². The third kappa shape index (κ3) is 2.97. The van der Waals surface area contributed by atoms with E-state index in [0.717, 1.165) is 16.9 Å². The minimum Gasteiger partial charge on any atom is -0.373 e. The van der Waals surface area contributed by atoms with Crippen LogP contribution in [0.5, 0.6) is 0 Å². The van der Waals surface area contributed by atoms with Crippen LogP contribution < -0.4 is 5.32 Å². The smallest absolute Gasteiger partial charge is 0.245 e. The molecule has 5 nitrogen and oxygen atoms in total. The number of hydrogen-bond donors (Lipinski definition) is 1. The summed E-state index contributed by atoms with van der Waals surface area (Å²) in [6.07, 6.45) is 5.56. The van der Waals surface area contributed by atoms with Crippen molar-refractivity contribution in [2.75, 3.05) is 12.4 Å². The molecule has 1 aliphatic rings. The van der Waals surface area contributed by atoms with Crippen molar-refractivity contribution in [2.45, 2.75) is 19.0 Å². The molecule has 0 spiro atoms. The molecular weight excluding hydrogens is 288 g/mol. The van der Waals surface area contributed by atoms with Gasteiger partial charge in [-0.25, -0.2) is 0 Å². The molecule has 2 aromatic rings. The van der Waals surface area contributed by atoms with Gasteiger partial charge in [0, 0.05) is 36.6 Å². The van der Waals surface area contributed by atoms with E-state index < -0.39 is 0 Å². The summed E-state index contributed by atoms with van der Waals surface area (Å²) in [6, 6.07) is 5.39. The third-order valence-electron chi connectivity index (χ3n) is 3.51. The number of amides is 1. The van der Waals surface area contributed by atoms with Gasteiger partial charge < -0.3 is 10.2 Å². The summed E-state index contributed by atoms with van der Waals surface area (Å²) in [7, 11) is 1.77. The molecule has 0 fully saturated rings. The van der Waals surface area contributed by atoms with E-state index in [9.17, 15) is 4.79 Å². The minimum absolute atomic E-state index is 0.0352. The van der Waals surface area contributed by atoms with Gasteiger partial charge in [-0.05, 0) is 23.8 Å². The molecule has 0 radical (unpaired) electrons. The summed E-state index contributed by atoms with van der Waals surface area (Å²) in [4.78, 5) is 22.3. The highest BCUT2D eigenvalue weighted by atomic mass is 35.5. The monoisotopic (exact) mass is 302 g/mol. The number of nitrogens with one attached hydrogen (secondary N) is 1. The molecule has 1 aromatic heterocycles. The second-order valence-corrected chi connectivity index (χ2v) is 5.53. The molecule has 1 N–H and O–H groups in total. The van der Waals surface area contributed by atoms with E-state index >= 15 is 0 Å². The Kier molecular flexibility index (Phi) is 3.75. The Morgan fingerprint density at radius 3 is 3.10 bits per heavy atom. The maximum Gasteiger partial charge on any atom is 0.245 e. The number of benzene rings is 1. The number of anilines is 1. The van der Waals surface area contributed by atoms with Gasteiger partial charge >= 0.3 is 0 Å². The summed E-state index contributed by atoms with van der Waals surface area (Å²) in [5.74, 6) is 0.0352. The van der Waals surface area contributed by atoms with Crippen LogP contribution in [0.15, 0.2) is 36.8 Å². The van der Waals surface area contributed by atoms with Crippen molar-refractivity contribution in [3.8, 4) is 0 Å². The summed E-state index contributed by atoms with van der Waals surface area (Å²) < 4.78 is 0. The molecule has 0 saturated heterocycles. The average molecular weight is 303 g/mol. The van der Waals surface area contributed by atoms with Crippen LogP contribution in [0.25, 0.3) is 0 Å². The number of nitrogens with zero attached hydrogens (tertiary/aromatic N) is 3. The molecule has 6 heteroatoms. The van der Waals surface area contributed by atoms with E-state index in [2.05, 4.69) is 15.3 Å². The molecule has 1 aromatic carbocycles. The number of carbonyl (C=O) groups excluding carboxylic acids is 1. The number of fused-ring (bicyclic) bond motifs is 1. The van der Waals surface area contributed by atoms with Crippen molar-refractivity contribution < 1.29 is 4.79 Å². The van der Waals surface area contributed by atoms with Gasteiger partial charge in [-0.2, -0.15) is 0 Å². The highest BCUT2D eigenvalue weighted by Crippen LogP contribution is 2.29. The maximum atomic E-state index is 12.5. The zero-order chi connectivity index (χ0) is 14.8. The van der Waals surface area contributed by atoms with Crippen molar-refractivity contribution in [3.05, 3.63) is 53.1 Å². The van der Waals surface area contributed by atoms with Gasteiger partial charge in [0.15, 0.2) is 0 Å². The molecular formula is C15H15ClN4O. The summed E-state index contributed by atoms with van der Waals surface area (Å²) >= 11 is 5.98. The first-order chi connectivity index (χ1) is 10.1. The fourth-order valence-electron chi connectivity index (χ4n) is 2.48. The molecule has 1 atom stereocenters. The fourth-order valence-corrected chi connectivity index (χ4v) is 2.67. The lowest BCUT2D eigenvalue weighted by molar-refractivity contribution is -0.131. The van der Waals surface area contributed by atoms with Crippen LogP contribution in [0.2, 0.25) is 5.02 Å². The van der Waals surface area contributed by atoms with Crippen LogP contribution >= 0.6 is 11.6 Å². The van der Waals surface area contributed by atoms with E-state index in [-0.39, 0.29) is 11.9 Å². The van der Waals surface area contributed by atoms with E-state index in [1.807, 2.05) is 18.2 Å². The molecule has 0 unspecified atom stereocenters. The van der Waals surface area contributed by atoms with Gasteiger partial charge in [-0.15, -0.1) is 0 Å². The zero-order valence-corrected chi connectivity index (χ0v) is 12.3. The molecule has 1 amide bonds. The van der Waals surface area contributed by atoms with Gasteiger partial charge in [0.05, 0.1) is 18.4 Å². The van der Waals surface area contributed by atoms with Crippen LogP contribution in [-0.4, -0.2) is 33.9 Å².